The lowest BCUT2D eigenvalue weighted by Crippen LogP contribution is -2.26. The molecule has 1 rings (SSSR count). The summed E-state index contributed by atoms with van der Waals surface area (Å²) in [6.07, 6.45) is 0. The SMILES string of the molecule is CNC(C)c1cc(Br)ccc1N(CC#N)CC#N. The van der Waals surface area contributed by atoms with Crippen molar-refractivity contribution >= 4 is 21.6 Å². The third kappa shape index (κ3) is 3.46. The van der Waals surface area contributed by atoms with Crippen molar-refractivity contribution in [2.45, 2.75) is 13.0 Å². The molecule has 0 bridgehead atoms. The van der Waals surface area contributed by atoms with E-state index in [0.29, 0.717) is 0 Å². The van der Waals surface area contributed by atoms with Gasteiger partial charge in [-0.25, -0.2) is 0 Å². The van der Waals surface area contributed by atoms with E-state index in [0.717, 1.165) is 15.7 Å². The zero-order valence-electron chi connectivity index (χ0n) is 10.4. The summed E-state index contributed by atoms with van der Waals surface area (Å²) >= 11 is 3.44. The molecule has 0 spiro atoms. The van der Waals surface area contributed by atoms with Gasteiger partial charge >= 0.3 is 0 Å². The predicted molar refractivity (Wildman–Crippen MR) is 75.1 cm³/mol. The fraction of sp³-hybridized carbons (Fsp3) is 0.385. The molecule has 0 aromatic heterocycles. The van der Waals surface area contributed by atoms with Crippen LogP contribution in [0.1, 0.15) is 18.5 Å². The van der Waals surface area contributed by atoms with Crippen LogP contribution in [0, 0.1) is 22.7 Å². The van der Waals surface area contributed by atoms with Gasteiger partial charge in [-0.2, -0.15) is 10.5 Å². The van der Waals surface area contributed by atoms with Crippen molar-refractivity contribution < 1.29 is 0 Å². The summed E-state index contributed by atoms with van der Waals surface area (Å²) in [6, 6.07) is 10.2. The third-order valence-electron chi connectivity index (χ3n) is 2.75. The van der Waals surface area contributed by atoms with E-state index < -0.39 is 0 Å². The summed E-state index contributed by atoms with van der Waals surface area (Å²) < 4.78 is 0.984. The van der Waals surface area contributed by atoms with Crippen LogP contribution in [-0.2, 0) is 0 Å². The molecule has 0 radical (unpaired) electrons. The van der Waals surface area contributed by atoms with Crippen LogP contribution >= 0.6 is 15.9 Å². The maximum absolute atomic E-state index is 8.84. The highest BCUT2D eigenvalue weighted by molar-refractivity contribution is 9.10. The quantitative estimate of drug-likeness (QED) is 0.849. The Kier molecular flexibility index (Phi) is 5.64. The van der Waals surface area contributed by atoms with Gasteiger partial charge in [0.1, 0.15) is 13.1 Å². The third-order valence-corrected chi connectivity index (χ3v) is 3.25. The first-order chi connectivity index (χ1) is 8.63. The fourth-order valence-corrected chi connectivity index (χ4v) is 2.09. The summed E-state index contributed by atoms with van der Waals surface area (Å²) in [5.74, 6) is 0. The van der Waals surface area contributed by atoms with Gasteiger partial charge < -0.3 is 10.2 Å². The van der Waals surface area contributed by atoms with Crippen LogP contribution < -0.4 is 10.2 Å². The molecule has 94 valence electrons. The Bertz CT molecular complexity index is 471. The Morgan fingerprint density at radius 3 is 2.44 bits per heavy atom. The standard InChI is InChI=1S/C13H15BrN4/c1-10(17-2)12-9-11(14)3-4-13(12)18(7-5-15)8-6-16/h3-4,9-10,17H,7-8H2,1-2H3. The molecule has 0 aliphatic rings. The highest BCUT2D eigenvalue weighted by Gasteiger charge is 2.15. The van der Waals surface area contributed by atoms with Gasteiger partial charge in [0.25, 0.3) is 0 Å². The Morgan fingerprint density at radius 1 is 1.33 bits per heavy atom. The van der Waals surface area contributed by atoms with Gasteiger partial charge in [0.15, 0.2) is 0 Å². The smallest absolute Gasteiger partial charge is 0.106 e. The van der Waals surface area contributed by atoms with E-state index in [2.05, 4.69) is 33.4 Å². The minimum Gasteiger partial charge on any atom is -0.345 e. The lowest BCUT2D eigenvalue weighted by molar-refractivity contribution is 0.650. The minimum absolute atomic E-state index is 0.150. The molecule has 1 unspecified atom stereocenters. The average Bonchev–Trinajstić information content (AvgIpc) is 2.37. The van der Waals surface area contributed by atoms with Gasteiger partial charge in [0.05, 0.1) is 12.1 Å². The topological polar surface area (TPSA) is 62.9 Å². The largest absolute Gasteiger partial charge is 0.345 e. The predicted octanol–water partition coefficient (Wildman–Crippen LogP) is 2.58. The number of nitriles is 2. The van der Waals surface area contributed by atoms with Gasteiger partial charge in [0, 0.05) is 16.2 Å². The van der Waals surface area contributed by atoms with Gasteiger partial charge in [-0.15, -0.1) is 0 Å². The summed E-state index contributed by atoms with van der Waals surface area (Å²) in [6.45, 7) is 2.46. The highest BCUT2D eigenvalue weighted by Crippen LogP contribution is 2.29. The Labute approximate surface area is 116 Å². The molecule has 0 aliphatic heterocycles. The van der Waals surface area contributed by atoms with E-state index in [1.807, 2.05) is 32.2 Å². The molecular weight excluding hydrogens is 292 g/mol. The first kappa shape index (κ1) is 14.5. The molecule has 18 heavy (non-hydrogen) atoms. The van der Waals surface area contributed by atoms with Gasteiger partial charge in [-0.1, -0.05) is 15.9 Å². The molecule has 0 amide bonds. The van der Waals surface area contributed by atoms with Crippen molar-refractivity contribution in [3.63, 3.8) is 0 Å². The number of rotatable bonds is 5. The number of benzene rings is 1. The van der Waals surface area contributed by atoms with Crippen LogP contribution in [-0.4, -0.2) is 20.1 Å². The first-order valence-corrected chi connectivity index (χ1v) is 6.39. The van der Waals surface area contributed by atoms with Crippen molar-refractivity contribution in [2.75, 3.05) is 25.0 Å². The van der Waals surface area contributed by atoms with Crippen LogP contribution in [0.5, 0.6) is 0 Å². The van der Waals surface area contributed by atoms with Crippen molar-refractivity contribution in [1.29, 1.82) is 10.5 Å². The summed E-state index contributed by atoms with van der Waals surface area (Å²) in [4.78, 5) is 1.77. The summed E-state index contributed by atoms with van der Waals surface area (Å²) in [5.41, 5.74) is 1.99. The molecule has 1 N–H and O–H groups in total. The minimum atomic E-state index is 0.150. The highest BCUT2D eigenvalue weighted by atomic mass is 79.9. The van der Waals surface area contributed by atoms with E-state index in [-0.39, 0.29) is 19.1 Å². The van der Waals surface area contributed by atoms with Crippen LogP contribution in [0.3, 0.4) is 0 Å². The van der Waals surface area contributed by atoms with Crippen LogP contribution in [0.15, 0.2) is 22.7 Å². The van der Waals surface area contributed by atoms with Crippen molar-refractivity contribution in [1.82, 2.24) is 5.32 Å². The lowest BCUT2D eigenvalue weighted by Gasteiger charge is -2.24. The maximum atomic E-state index is 8.84. The van der Waals surface area contributed by atoms with Crippen molar-refractivity contribution in [3.8, 4) is 12.1 Å². The second kappa shape index (κ2) is 7.00. The van der Waals surface area contributed by atoms with Crippen molar-refractivity contribution in [2.24, 2.45) is 0 Å². The second-order valence-electron chi connectivity index (χ2n) is 3.89. The number of hydrogen-bond donors (Lipinski definition) is 1. The molecule has 0 saturated carbocycles. The molecule has 0 saturated heterocycles. The average molecular weight is 307 g/mol. The lowest BCUT2D eigenvalue weighted by atomic mass is 10.1. The molecule has 1 atom stereocenters. The molecule has 0 fully saturated rings. The van der Waals surface area contributed by atoms with E-state index >= 15 is 0 Å². The zero-order chi connectivity index (χ0) is 13.5. The summed E-state index contributed by atoms with van der Waals surface area (Å²) in [5, 5.41) is 20.9. The van der Waals surface area contributed by atoms with Crippen LogP contribution in [0.2, 0.25) is 0 Å². The van der Waals surface area contributed by atoms with Crippen molar-refractivity contribution in [3.05, 3.63) is 28.2 Å². The monoisotopic (exact) mass is 306 g/mol. The Hall–Kier alpha value is -1.56. The first-order valence-electron chi connectivity index (χ1n) is 5.59. The fourth-order valence-electron chi connectivity index (χ4n) is 1.71. The Balaban J connectivity index is 3.21. The normalized spacial score (nSPS) is 11.4. The molecule has 5 heteroatoms. The van der Waals surface area contributed by atoms with E-state index in [9.17, 15) is 0 Å². The maximum Gasteiger partial charge on any atom is 0.106 e. The number of nitrogens with zero attached hydrogens (tertiary/aromatic N) is 3. The van der Waals surface area contributed by atoms with E-state index in [1.54, 1.807) is 4.90 Å². The van der Waals surface area contributed by atoms with E-state index in [1.165, 1.54) is 0 Å². The molecule has 1 aromatic carbocycles. The van der Waals surface area contributed by atoms with Gasteiger partial charge in [-0.3, -0.25) is 0 Å². The molecule has 1 aromatic rings. The molecule has 4 nitrogen and oxygen atoms in total. The number of halogens is 1. The Morgan fingerprint density at radius 2 is 1.94 bits per heavy atom. The molecular formula is C13H15BrN4. The molecule has 0 heterocycles. The summed E-state index contributed by atoms with van der Waals surface area (Å²) in [7, 11) is 1.88. The zero-order valence-corrected chi connectivity index (χ0v) is 12.0. The van der Waals surface area contributed by atoms with E-state index in [4.69, 9.17) is 10.5 Å². The van der Waals surface area contributed by atoms with Gasteiger partial charge in [-0.05, 0) is 37.7 Å². The van der Waals surface area contributed by atoms with Crippen LogP contribution in [0.25, 0.3) is 0 Å². The number of anilines is 1. The number of nitrogens with one attached hydrogen (secondary N) is 1. The second-order valence-corrected chi connectivity index (χ2v) is 4.80. The number of hydrogen-bond acceptors (Lipinski definition) is 4. The van der Waals surface area contributed by atoms with Crippen LogP contribution in [0.4, 0.5) is 5.69 Å². The molecule has 0 aliphatic carbocycles. The van der Waals surface area contributed by atoms with Gasteiger partial charge in [0.2, 0.25) is 0 Å².